The third-order valence-electron chi connectivity index (χ3n) is 4.99. The van der Waals surface area contributed by atoms with E-state index in [2.05, 4.69) is 57.9 Å². The van der Waals surface area contributed by atoms with Gasteiger partial charge in [0.25, 0.3) is 5.56 Å². The average molecular weight is 669 g/mol. The number of fused-ring (bicyclic) bond motifs is 1. The van der Waals surface area contributed by atoms with Gasteiger partial charge >= 0.3 is 0 Å². The summed E-state index contributed by atoms with van der Waals surface area (Å²) in [5, 5.41) is 5.53. The van der Waals surface area contributed by atoms with Crippen LogP contribution in [-0.4, -0.2) is 15.9 Å². The molecule has 0 saturated carbocycles. The van der Waals surface area contributed by atoms with Crippen LogP contribution in [0.25, 0.3) is 10.9 Å². The molecule has 0 fully saturated rings. The van der Waals surface area contributed by atoms with Gasteiger partial charge in [-0.05, 0) is 70.4 Å². The quantitative estimate of drug-likeness (QED) is 0.189. The highest BCUT2D eigenvalue weighted by molar-refractivity contribution is 9.11. The van der Waals surface area contributed by atoms with E-state index in [0.29, 0.717) is 50.6 Å². The largest absolute Gasteiger partial charge is 0.487 e. The number of aromatic nitrogens is 2. The number of ether oxygens (including phenoxy) is 1. The Labute approximate surface area is 227 Å². The van der Waals surface area contributed by atoms with Gasteiger partial charge in [0.05, 0.1) is 21.6 Å². The van der Waals surface area contributed by atoms with E-state index in [1.807, 2.05) is 43.3 Å². The van der Waals surface area contributed by atoms with E-state index in [1.54, 1.807) is 24.4 Å². The average Bonchev–Trinajstić information content (AvgIpc) is 2.80. The van der Waals surface area contributed by atoms with Crippen LogP contribution >= 0.6 is 59.4 Å². The van der Waals surface area contributed by atoms with Crippen LogP contribution in [0.3, 0.4) is 0 Å². The van der Waals surface area contributed by atoms with E-state index < -0.39 is 0 Å². The molecule has 0 atom stereocenters. The van der Waals surface area contributed by atoms with Gasteiger partial charge in [-0.3, -0.25) is 4.79 Å². The molecule has 9 heteroatoms. The van der Waals surface area contributed by atoms with E-state index in [0.717, 1.165) is 20.9 Å². The first kappa shape index (κ1) is 25.1. The second-order valence-electron chi connectivity index (χ2n) is 7.52. The lowest BCUT2D eigenvalue weighted by Gasteiger charge is -2.13. The van der Waals surface area contributed by atoms with E-state index in [9.17, 15) is 4.79 Å². The van der Waals surface area contributed by atoms with Crippen LogP contribution in [0, 0.1) is 0 Å². The number of nitrogens with zero attached hydrogens (tertiary/aromatic N) is 3. The van der Waals surface area contributed by atoms with Crippen molar-refractivity contribution in [2.75, 3.05) is 0 Å². The van der Waals surface area contributed by atoms with Gasteiger partial charge < -0.3 is 4.74 Å². The first-order valence-corrected chi connectivity index (χ1v) is 13.2. The number of aryl methyl sites for hydroxylation is 1. The van der Waals surface area contributed by atoms with Gasteiger partial charge in [-0.15, -0.1) is 0 Å². The van der Waals surface area contributed by atoms with E-state index in [1.165, 1.54) is 4.68 Å². The summed E-state index contributed by atoms with van der Waals surface area (Å²) < 4.78 is 9.96. The number of rotatable bonds is 7. The molecular weight excluding hydrogens is 649 g/mol. The van der Waals surface area contributed by atoms with Crippen molar-refractivity contribution in [1.82, 2.24) is 9.66 Å². The second-order valence-corrected chi connectivity index (χ2v) is 10.6. The predicted octanol–water partition coefficient (Wildman–Crippen LogP) is 7.75. The van der Waals surface area contributed by atoms with Crippen LogP contribution in [-0.2, 0) is 13.0 Å². The lowest BCUT2D eigenvalue weighted by molar-refractivity contribution is 0.304. The fourth-order valence-electron chi connectivity index (χ4n) is 3.38. The van der Waals surface area contributed by atoms with Gasteiger partial charge in [0.15, 0.2) is 0 Å². The minimum Gasteiger partial charge on any atom is -0.487 e. The Kier molecular flexibility index (Phi) is 8.24. The number of halogens is 4. The fraction of sp³-hybridized carbons (Fsp3) is 0.160. The predicted molar refractivity (Wildman–Crippen MR) is 148 cm³/mol. The highest BCUT2D eigenvalue weighted by Gasteiger charge is 2.13. The Morgan fingerprint density at radius 1 is 1.06 bits per heavy atom. The Morgan fingerprint density at radius 2 is 1.79 bits per heavy atom. The van der Waals surface area contributed by atoms with Crippen LogP contribution < -0.4 is 10.3 Å². The molecule has 0 radical (unpaired) electrons. The monoisotopic (exact) mass is 665 g/mol. The van der Waals surface area contributed by atoms with E-state index in [4.69, 9.17) is 16.3 Å². The van der Waals surface area contributed by atoms with E-state index in [-0.39, 0.29) is 5.56 Å². The third-order valence-corrected chi connectivity index (χ3v) is 6.82. The van der Waals surface area contributed by atoms with Crippen molar-refractivity contribution in [2.24, 2.45) is 5.10 Å². The van der Waals surface area contributed by atoms with Crippen LogP contribution in [0.15, 0.2) is 77.9 Å². The maximum Gasteiger partial charge on any atom is 0.282 e. The smallest absolute Gasteiger partial charge is 0.282 e. The molecule has 0 spiro atoms. The summed E-state index contributed by atoms with van der Waals surface area (Å²) in [7, 11) is 0. The summed E-state index contributed by atoms with van der Waals surface area (Å²) >= 11 is 16.7. The molecular formula is C25H19Br3ClN3O2. The topological polar surface area (TPSA) is 56.5 Å². The molecule has 5 nitrogen and oxygen atoms in total. The normalized spacial score (nSPS) is 11.4. The van der Waals surface area contributed by atoms with Crippen molar-refractivity contribution in [2.45, 2.75) is 26.4 Å². The van der Waals surface area contributed by atoms with Gasteiger partial charge in [0.1, 0.15) is 18.2 Å². The molecule has 0 amide bonds. The summed E-state index contributed by atoms with van der Waals surface area (Å²) in [5.74, 6) is 1.18. The summed E-state index contributed by atoms with van der Waals surface area (Å²) in [5.41, 5.74) is 2.07. The highest BCUT2D eigenvalue weighted by atomic mass is 79.9. The molecule has 0 saturated heterocycles. The molecule has 3 aromatic carbocycles. The van der Waals surface area contributed by atoms with Crippen molar-refractivity contribution in [3.05, 3.63) is 100 Å². The maximum absolute atomic E-state index is 13.3. The van der Waals surface area contributed by atoms with Crippen molar-refractivity contribution in [3.8, 4) is 5.75 Å². The molecule has 4 aromatic rings. The zero-order chi connectivity index (χ0) is 24.2. The molecule has 4 rings (SSSR count). The fourth-order valence-corrected chi connectivity index (χ4v) is 4.96. The summed E-state index contributed by atoms with van der Waals surface area (Å²) in [6.45, 7) is 2.40. The third kappa shape index (κ3) is 5.79. The molecule has 34 heavy (non-hydrogen) atoms. The molecule has 1 aromatic heterocycles. The maximum atomic E-state index is 13.3. The Hall–Kier alpha value is -2.00. The Morgan fingerprint density at radius 3 is 2.53 bits per heavy atom. The molecule has 1 heterocycles. The van der Waals surface area contributed by atoms with Crippen LogP contribution in [0.4, 0.5) is 0 Å². The van der Waals surface area contributed by atoms with Crippen LogP contribution in [0.5, 0.6) is 5.75 Å². The molecule has 0 aliphatic carbocycles. The zero-order valence-electron chi connectivity index (χ0n) is 18.1. The summed E-state index contributed by atoms with van der Waals surface area (Å²) in [6, 6.07) is 16.9. The van der Waals surface area contributed by atoms with Crippen LogP contribution in [0.2, 0.25) is 5.02 Å². The van der Waals surface area contributed by atoms with Crippen molar-refractivity contribution >= 4 is 76.5 Å². The highest BCUT2D eigenvalue weighted by Crippen LogP contribution is 2.32. The second kappa shape index (κ2) is 11.2. The first-order valence-electron chi connectivity index (χ1n) is 10.5. The van der Waals surface area contributed by atoms with Crippen molar-refractivity contribution < 1.29 is 4.74 Å². The zero-order valence-corrected chi connectivity index (χ0v) is 23.6. The lowest BCUT2D eigenvalue weighted by atomic mass is 10.2. The minimum atomic E-state index is -0.232. The molecule has 0 bridgehead atoms. The first-order chi connectivity index (χ1) is 16.4. The van der Waals surface area contributed by atoms with Gasteiger partial charge in [-0.25, -0.2) is 4.98 Å². The van der Waals surface area contributed by atoms with Gasteiger partial charge in [-0.1, -0.05) is 62.5 Å². The number of hydrogen-bond donors (Lipinski definition) is 0. The van der Waals surface area contributed by atoms with Gasteiger partial charge in [0, 0.05) is 26.0 Å². The van der Waals surface area contributed by atoms with Gasteiger partial charge in [-0.2, -0.15) is 9.78 Å². The minimum absolute atomic E-state index is 0.232. The molecule has 0 aliphatic rings. The summed E-state index contributed by atoms with van der Waals surface area (Å²) in [6.07, 6.45) is 3.03. The number of hydrogen-bond acceptors (Lipinski definition) is 4. The standard InChI is InChI=1S/C25H19Br3ClN3O2/c1-2-3-23-31-22-9-8-18(27)11-20(22)25(33)32(23)30-13-16-10-19(29)12-21(28)24(16)34-14-15-4-6-17(26)7-5-15/h4-13H,2-3,14H2,1H3. The van der Waals surface area contributed by atoms with Crippen molar-refractivity contribution in [1.29, 1.82) is 0 Å². The van der Waals surface area contributed by atoms with E-state index >= 15 is 0 Å². The summed E-state index contributed by atoms with van der Waals surface area (Å²) in [4.78, 5) is 18.0. The van der Waals surface area contributed by atoms with Gasteiger partial charge in [0.2, 0.25) is 0 Å². The molecule has 174 valence electrons. The van der Waals surface area contributed by atoms with Crippen LogP contribution in [0.1, 0.15) is 30.3 Å². The Bertz CT molecular complexity index is 1440. The van der Waals surface area contributed by atoms with Crippen molar-refractivity contribution in [3.63, 3.8) is 0 Å². The SMILES string of the molecule is CCCc1nc2ccc(Br)cc2c(=O)n1N=Cc1cc(Cl)cc(Br)c1OCc1ccc(Br)cc1. The lowest BCUT2D eigenvalue weighted by Crippen LogP contribution is -2.22. The molecule has 0 unspecified atom stereocenters. The number of benzene rings is 3. The Balaban J connectivity index is 1.74. The molecule has 0 N–H and O–H groups in total. The molecule has 0 aliphatic heterocycles.